The van der Waals surface area contributed by atoms with Crippen molar-refractivity contribution in [1.29, 1.82) is 0 Å². The van der Waals surface area contributed by atoms with Crippen LogP contribution in [0.25, 0.3) is 0 Å². The van der Waals surface area contributed by atoms with Crippen LogP contribution in [0.1, 0.15) is 18.1 Å². The first-order valence-electron chi connectivity index (χ1n) is 5.12. The van der Waals surface area contributed by atoms with Crippen LogP contribution in [0.3, 0.4) is 0 Å². The van der Waals surface area contributed by atoms with Gasteiger partial charge < -0.3 is 0 Å². The van der Waals surface area contributed by atoms with Crippen molar-refractivity contribution in [3.63, 3.8) is 0 Å². The van der Waals surface area contributed by atoms with E-state index in [9.17, 15) is 21.6 Å². The molecule has 0 spiro atoms. The summed E-state index contributed by atoms with van der Waals surface area (Å²) in [5.41, 5.74) is -0.151. The molecule has 1 aromatic carbocycles. The molecule has 0 aliphatic carbocycles. The van der Waals surface area contributed by atoms with E-state index in [1.807, 2.05) is 0 Å². The van der Waals surface area contributed by atoms with Gasteiger partial charge in [0.05, 0.1) is 17.9 Å². The fourth-order valence-corrected chi connectivity index (χ4v) is 2.16. The SMILES string of the molecule is CC(Cc1ccc(C(F)(F)F)cc1)OS(C)(=O)=O. The van der Waals surface area contributed by atoms with Gasteiger partial charge in [-0.1, -0.05) is 12.1 Å². The first kappa shape index (κ1) is 15.0. The lowest BCUT2D eigenvalue weighted by molar-refractivity contribution is -0.137. The molecule has 18 heavy (non-hydrogen) atoms. The Morgan fingerprint density at radius 1 is 1.22 bits per heavy atom. The van der Waals surface area contributed by atoms with Gasteiger partial charge in [-0.3, -0.25) is 4.18 Å². The van der Waals surface area contributed by atoms with Crippen molar-refractivity contribution < 1.29 is 25.8 Å². The van der Waals surface area contributed by atoms with Gasteiger partial charge in [-0.25, -0.2) is 0 Å². The molecule has 3 nitrogen and oxygen atoms in total. The molecule has 0 radical (unpaired) electrons. The second-order valence-corrected chi connectivity index (χ2v) is 5.61. The summed E-state index contributed by atoms with van der Waals surface area (Å²) in [6.45, 7) is 1.54. The Hall–Kier alpha value is -1.08. The third-order valence-electron chi connectivity index (χ3n) is 2.14. The Bertz CT molecular complexity index is 491. The highest BCUT2D eigenvalue weighted by Gasteiger charge is 2.29. The van der Waals surface area contributed by atoms with E-state index in [-0.39, 0.29) is 6.42 Å². The van der Waals surface area contributed by atoms with Gasteiger partial charge in [0, 0.05) is 0 Å². The zero-order valence-corrected chi connectivity index (χ0v) is 10.7. The third-order valence-corrected chi connectivity index (χ3v) is 2.82. The minimum Gasteiger partial charge on any atom is -0.267 e. The lowest BCUT2D eigenvalue weighted by Gasteiger charge is -2.12. The maximum Gasteiger partial charge on any atom is 0.416 e. The zero-order valence-electron chi connectivity index (χ0n) is 9.86. The van der Waals surface area contributed by atoms with E-state index in [1.54, 1.807) is 6.92 Å². The number of hydrogen-bond acceptors (Lipinski definition) is 3. The van der Waals surface area contributed by atoms with Gasteiger partial charge in [-0.2, -0.15) is 21.6 Å². The molecule has 0 N–H and O–H groups in total. The second kappa shape index (κ2) is 5.27. The fourth-order valence-electron chi connectivity index (χ4n) is 1.49. The van der Waals surface area contributed by atoms with Crippen molar-refractivity contribution in [2.24, 2.45) is 0 Å². The lowest BCUT2D eigenvalue weighted by Crippen LogP contribution is -2.16. The van der Waals surface area contributed by atoms with Crippen molar-refractivity contribution in [3.8, 4) is 0 Å². The first-order chi connectivity index (χ1) is 8.08. The molecule has 0 heterocycles. The highest BCUT2D eigenvalue weighted by molar-refractivity contribution is 7.86. The molecule has 1 unspecified atom stereocenters. The van der Waals surface area contributed by atoms with Gasteiger partial charge in [0.25, 0.3) is 10.1 Å². The molecule has 0 fully saturated rings. The average Bonchev–Trinajstić information content (AvgIpc) is 2.13. The van der Waals surface area contributed by atoms with Gasteiger partial charge in [0.1, 0.15) is 0 Å². The van der Waals surface area contributed by atoms with Crippen molar-refractivity contribution in [3.05, 3.63) is 35.4 Å². The smallest absolute Gasteiger partial charge is 0.267 e. The number of rotatable bonds is 4. The van der Waals surface area contributed by atoms with Gasteiger partial charge in [0.2, 0.25) is 0 Å². The van der Waals surface area contributed by atoms with Crippen molar-refractivity contribution in [1.82, 2.24) is 0 Å². The fraction of sp³-hybridized carbons (Fsp3) is 0.455. The van der Waals surface area contributed by atoms with E-state index < -0.39 is 28.0 Å². The Morgan fingerprint density at radius 2 is 1.72 bits per heavy atom. The minimum atomic E-state index is -4.37. The molecule has 0 saturated carbocycles. The molecule has 0 aromatic heterocycles. The summed E-state index contributed by atoms with van der Waals surface area (Å²) < 4.78 is 63.3. The molecule has 0 saturated heterocycles. The van der Waals surface area contributed by atoms with Gasteiger partial charge in [0.15, 0.2) is 0 Å². The van der Waals surface area contributed by atoms with E-state index in [4.69, 9.17) is 0 Å². The number of benzene rings is 1. The molecule has 1 atom stereocenters. The highest BCUT2D eigenvalue weighted by Crippen LogP contribution is 2.29. The van der Waals surface area contributed by atoms with Crippen LogP contribution in [0.2, 0.25) is 0 Å². The summed E-state index contributed by atoms with van der Waals surface area (Å²) in [7, 11) is -3.55. The van der Waals surface area contributed by atoms with Crippen LogP contribution in [-0.4, -0.2) is 20.8 Å². The van der Waals surface area contributed by atoms with Crippen LogP contribution in [0.5, 0.6) is 0 Å². The predicted octanol–water partition coefficient (Wildman–Crippen LogP) is 2.61. The summed E-state index contributed by atoms with van der Waals surface area (Å²) in [6, 6.07) is 4.54. The summed E-state index contributed by atoms with van der Waals surface area (Å²) >= 11 is 0. The third kappa shape index (κ3) is 5.05. The maximum atomic E-state index is 12.3. The molecule has 0 aliphatic heterocycles. The van der Waals surface area contributed by atoms with E-state index in [0.717, 1.165) is 18.4 Å². The molecule has 1 aromatic rings. The minimum absolute atomic E-state index is 0.227. The maximum absolute atomic E-state index is 12.3. The molecular weight excluding hydrogens is 269 g/mol. The lowest BCUT2D eigenvalue weighted by atomic mass is 10.1. The summed E-state index contributed by atoms with van der Waals surface area (Å²) in [6.07, 6.45) is -3.83. The molecular formula is C11H13F3O3S. The van der Waals surface area contributed by atoms with Gasteiger partial charge in [-0.05, 0) is 31.0 Å². The molecule has 102 valence electrons. The predicted molar refractivity (Wildman–Crippen MR) is 60.5 cm³/mol. The van der Waals surface area contributed by atoms with Crippen LogP contribution in [0.15, 0.2) is 24.3 Å². The van der Waals surface area contributed by atoms with Crippen LogP contribution in [-0.2, 0) is 26.9 Å². The van der Waals surface area contributed by atoms with Crippen LogP contribution < -0.4 is 0 Å². The van der Waals surface area contributed by atoms with Crippen molar-refractivity contribution >= 4 is 10.1 Å². The Morgan fingerprint density at radius 3 is 2.11 bits per heavy atom. The zero-order chi connectivity index (χ0) is 14.0. The van der Waals surface area contributed by atoms with Crippen LogP contribution in [0, 0.1) is 0 Å². The summed E-state index contributed by atoms with van der Waals surface area (Å²) in [4.78, 5) is 0. The van der Waals surface area contributed by atoms with E-state index in [2.05, 4.69) is 4.18 Å². The van der Waals surface area contributed by atoms with Gasteiger partial charge in [-0.15, -0.1) is 0 Å². The Labute approximate surface area is 104 Å². The Kier molecular flexibility index (Phi) is 4.39. The van der Waals surface area contributed by atoms with Crippen molar-refractivity contribution in [2.45, 2.75) is 25.6 Å². The number of halogens is 3. The second-order valence-electron chi connectivity index (χ2n) is 4.01. The van der Waals surface area contributed by atoms with E-state index >= 15 is 0 Å². The molecule has 0 aliphatic rings. The van der Waals surface area contributed by atoms with E-state index in [1.165, 1.54) is 12.1 Å². The number of alkyl halides is 3. The topological polar surface area (TPSA) is 43.4 Å². The molecule has 7 heteroatoms. The largest absolute Gasteiger partial charge is 0.416 e. The number of hydrogen-bond donors (Lipinski definition) is 0. The molecule has 0 amide bonds. The molecule has 0 bridgehead atoms. The normalized spacial score (nSPS) is 14.5. The summed E-state index contributed by atoms with van der Waals surface area (Å²) in [5, 5.41) is 0. The highest BCUT2D eigenvalue weighted by atomic mass is 32.2. The van der Waals surface area contributed by atoms with Gasteiger partial charge >= 0.3 is 6.18 Å². The van der Waals surface area contributed by atoms with Crippen LogP contribution in [0.4, 0.5) is 13.2 Å². The molecule has 1 rings (SSSR count). The average molecular weight is 282 g/mol. The quantitative estimate of drug-likeness (QED) is 0.797. The van der Waals surface area contributed by atoms with Crippen LogP contribution >= 0.6 is 0 Å². The summed E-state index contributed by atoms with van der Waals surface area (Å²) in [5.74, 6) is 0. The van der Waals surface area contributed by atoms with Crippen molar-refractivity contribution in [2.75, 3.05) is 6.26 Å². The standard InChI is InChI=1S/C11H13F3O3S/c1-8(17-18(2,15)16)7-9-3-5-10(6-4-9)11(12,13)14/h3-6,8H,7H2,1-2H3. The van der Waals surface area contributed by atoms with E-state index in [0.29, 0.717) is 5.56 Å². The Balaban J connectivity index is 2.70. The monoisotopic (exact) mass is 282 g/mol. The first-order valence-corrected chi connectivity index (χ1v) is 6.94.